The number of nitrogens with zero attached hydrogens (tertiary/aromatic N) is 1. The van der Waals surface area contributed by atoms with Gasteiger partial charge in [0.2, 0.25) is 0 Å². The van der Waals surface area contributed by atoms with E-state index in [1.807, 2.05) is 36.4 Å². The number of quaternary nitrogens is 1. The van der Waals surface area contributed by atoms with Gasteiger partial charge in [-0.15, -0.1) is 0 Å². The molecule has 2 atom stereocenters. The highest BCUT2D eigenvalue weighted by atomic mass is 16.8. The predicted molar refractivity (Wildman–Crippen MR) is 79.2 cm³/mol. The summed E-state index contributed by atoms with van der Waals surface area (Å²) in [4.78, 5) is -1.39. The fourth-order valence-corrected chi connectivity index (χ4v) is 3.31. The van der Waals surface area contributed by atoms with Gasteiger partial charge in [-0.05, 0) is 11.1 Å². The molecule has 0 spiro atoms. The van der Waals surface area contributed by atoms with Gasteiger partial charge >= 0.3 is 0 Å². The lowest BCUT2D eigenvalue weighted by Gasteiger charge is -2.44. The maximum absolute atomic E-state index is 12.4. The Morgan fingerprint density at radius 1 is 0.952 bits per heavy atom. The van der Waals surface area contributed by atoms with Gasteiger partial charge in [0, 0.05) is 12.8 Å². The van der Waals surface area contributed by atoms with Crippen molar-refractivity contribution in [3.8, 4) is 0 Å². The van der Waals surface area contributed by atoms with Gasteiger partial charge in [0.1, 0.15) is 6.54 Å². The van der Waals surface area contributed by atoms with Crippen LogP contribution < -0.4 is 0 Å². The summed E-state index contributed by atoms with van der Waals surface area (Å²) >= 11 is 0. The monoisotopic (exact) mass is 285 g/mol. The molecule has 0 bridgehead atoms. The van der Waals surface area contributed by atoms with Crippen LogP contribution in [0.25, 0.3) is 0 Å². The third kappa shape index (κ3) is 2.36. The first-order valence-electron chi connectivity index (χ1n) is 7.20. The van der Waals surface area contributed by atoms with Crippen molar-refractivity contribution < 1.29 is 15.1 Å². The minimum absolute atomic E-state index is 0.118. The van der Waals surface area contributed by atoms with Crippen LogP contribution in [-0.4, -0.2) is 27.7 Å². The van der Waals surface area contributed by atoms with E-state index in [0.717, 1.165) is 0 Å². The second-order valence-electron chi connectivity index (χ2n) is 5.64. The second-order valence-corrected chi connectivity index (χ2v) is 5.64. The number of benzene rings is 2. The number of hydroxylamine groups is 4. The van der Waals surface area contributed by atoms with Gasteiger partial charge in [-0.2, -0.15) is 0 Å². The summed E-state index contributed by atoms with van der Waals surface area (Å²) in [6, 6.07) is 17.4. The lowest BCUT2D eigenvalue weighted by molar-refractivity contribution is -1.08. The number of hydrogen-bond donors (Lipinski definition) is 2. The van der Waals surface area contributed by atoms with E-state index in [4.69, 9.17) is 0 Å². The van der Waals surface area contributed by atoms with Crippen molar-refractivity contribution in [2.75, 3.05) is 6.54 Å². The van der Waals surface area contributed by atoms with Crippen LogP contribution in [0.5, 0.6) is 0 Å². The summed E-state index contributed by atoms with van der Waals surface area (Å²) in [7, 11) is 0. The SMILES string of the molecule is [O-][N+]1(O)CCC[C@H]1C(O)(c1ccccc1)c1ccccc1. The maximum atomic E-state index is 12.4. The average Bonchev–Trinajstić information content (AvgIpc) is 2.88. The molecule has 1 aliphatic heterocycles. The quantitative estimate of drug-likeness (QED) is 0.673. The van der Waals surface area contributed by atoms with E-state index >= 15 is 0 Å². The van der Waals surface area contributed by atoms with Crippen molar-refractivity contribution in [3.05, 3.63) is 77.0 Å². The summed E-state index contributed by atoms with van der Waals surface area (Å²) in [5.41, 5.74) is -0.221. The largest absolute Gasteiger partial charge is 0.598 e. The van der Waals surface area contributed by atoms with Crippen molar-refractivity contribution in [2.24, 2.45) is 0 Å². The highest BCUT2D eigenvalue weighted by molar-refractivity contribution is 5.37. The lowest BCUT2D eigenvalue weighted by Crippen LogP contribution is -2.55. The maximum Gasteiger partial charge on any atom is 0.170 e. The van der Waals surface area contributed by atoms with Crippen LogP contribution in [0, 0.1) is 5.21 Å². The molecule has 1 aliphatic rings. The Kier molecular flexibility index (Phi) is 3.55. The lowest BCUT2D eigenvalue weighted by atomic mass is 9.79. The number of rotatable bonds is 3. The fourth-order valence-electron chi connectivity index (χ4n) is 3.31. The van der Waals surface area contributed by atoms with Crippen molar-refractivity contribution in [2.45, 2.75) is 24.5 Å². The molecule has 3 rings (SSSR count). The van der Waals surface area contributed by atoms with Crippen LogP contribution in [0.1, 0.15) is 24.0 Å². The molecular formula is C17H19NO3. The molecule has 2 aromatic rings. The Balaban J connectivity index is 2.16. The zero-order valence-corrected chi connectivity index (χ0v) is 11.7. The summed E-state index contributed by atoms with van der Waals surface area (Å²) in [5, 5.41) is 33.9. The Morgan fingerprint density at radius 3 is 1.81 bits per heavy atom. The van der Waals surface area contributed by atoms with Crippen LogP contribution in [-0.2, 0) is 5.60 Å². The van der Waals surface area contributed by atoms with Crippen LogP contribution in [0.3, 0.4) is 0 Å². The smallest absolute Gasteiger partial charge is 0.170 e. The average molecular weight is 285 g/mol. The van der Waals surface area contributed by atoms with Crippen LogP contribution in [0.4, 0.5) is 0 Å². The van der Waals surface area contributed by atoms with Gasteiger partial charge in [-0.25, -0.2) is 10.0 Å². The number of aliphatic hydroxyl groups is 1. The Hall–Kier alpha value is -1.72. The zero-order valence-electron chi connectivity index (χ0n) is 11.7. The normalized spacial score (nSPS) is 26.0. The first kappa shape index (κ1) is 14.2. The van der Waals surface area contributed by atoms with E-state index in [1.165, 1.54) is 0 Å². The summed E-state index contributed by atoms with van der Waals surface area (Å²) < 4.78 is 0. The molecule has 2 N–H and O–H groups in total. The Labute approximate surface area is 124 Å². The van der Waals surface area contributed by atoms with Crippen molar-refractivity contribution in [3.63, 3.8) is 0 Å². The minimum Gasteiger partial charge on any atom is -0.598 e. The van der Waals surface area contributed by atoms with E-state index in [1.54, 1.807) is 24.3 Å². The molecule has 1 saturated heterocycles. The van der Waals surface area contributed by atoms with Crippen LogP contribution in [0.2, 0.25) is 0 Å². The molecule has 2 aromatic carbocycles. The van der Waals surface area contributed by atoms with Gasteiger partial charge in [-0.3, -0.25) is 0 Å². The molecule has 1 fully saturated rings. The number of hydrogen-bond acceptors (Lipinski definition) is 3. The summed E-state index contributed by atoms with van der Waals surface area (Å²) in [6.07, 6.45) is 1.09. The fraction of sp³-hybridized carbons (Fsp3) is 0.294. The van der Waals surface area contributed by atoms with Gasteiger partial charge in [-0.1, -0.05) is 60.7 Å². The van der Waals surface area contributed by atoms with E-state index in [-0.39, 0.29) is 6.54 Å². The third-order valence-corrected chi connectivity index (χ3v) is 4.35. The van der Waals surface area contributed by atoms with Gasteiger partial charge < -0.3 is 10.3 Å². The van der Waals surface area contributed by atoms with Gasteiger partial charge in [0.25, 0.3) is 0 Å². The molecule has 0 saturated carbocycles. The standard InChI is InChI=1S/C17H19NO3/c19-17(14-8-3-1-4-9-14,15-10-5-2-6-11-15)16-12-7-13-18(16,20)21/h1-6,8-11,16,19-20H,7,12-13H2/t16-/m0/s1. The van der Waals surface area contributed by atoms with Crippen molar-refractivity contribution in [1.29, 1.82) is 0 Å². The molecule has 4 nitrogen and oxygen atoms in total. The zero-order chi connectivity index (χ0) is 14.9. The molecule has 110 valence electrons. The van der Waals surface area contributed by atoms with Crippen LogP contribution in [0.15, 0.2) is 60.7 Å². The summed E-state index contributed by atoms with van der Waals surface area (Å²) in [5.74, 6) is 0. The predicted octanol–water partition coefficient (Wildman–Crippen LogP) is 2.79. The molecule has 0 amide bonds. The molecule has 1 unspecified atom stereocenters. The molecule has 1 heterocycles. The minimum atomic E-state index is -1.49. The topological polar surface area (TPSA) is 63.5 Å². The third-order valence-electron chi connectivity index (χ3n) is 4.35. The second kappa shape index (κ2) is 5.24. The van der Waals surface area contributed by atoms with Gasteiger partial charge in [0.05, 0.1) is 0 Å². The van der Waals surface area contributed by atoms with Crippen molar-refractivity contribution >= 4 is 0 Å². The molecule has 0 radical (unpaired) electrons. The molecule has 0 aliphatic carbocycles. The van der Waals surface area contributed by atoms with E-state index < -0.39 is 16.5 Å². The molecular weight excluding hydrogens is 266 g/mol. The van der Waals surface area contributed by atoms with Crippen LogP contribution >= 0.6 is 0 Å². The first-order chi connectivity index (χ1) is 10.0. The highest BCUT2D eigenvalue weighted by Crippen LogP contribution is 2.42. The summed E-state index contributed by atoms with van der Waals surface area (Å²) in [6.45, 7) is 0.118. The van der Waals surface area contributed by atoms with E-state index in [2.05, 4.69) is 0 Å². The molecule has 0 aromatic heterocycles. The Bertz CT molecular complexity index is 558. The van der Waals surface area contributed by atoms with Gasteiger partial charge in [0.15, 0.2) is 11.6 Å². The molecule has 4 heteroatoms. The highest BCUT2D eigenvalue weighted by Gasteiger charge is 2.52. The van der Waals surface area contributed by atoms with E-state index in [9.17, 15) is 15.5 Å². The molecule has 21 heavy (non-hydrogen) atoms. The first-order valence-corrected chi connectivity index (χ1v) is 7.20. The Morgan fingerprint density at radius 2 is 1.43 bits per heavy atom. The van der Waals surface area contributed by atoms with E-state index in [0.29, 0.717) is 24.0 Å². The van der Waals surface area contributed by atoms with Crippen molar-refractivity contribution in [1.82, 2.24) is 0 Å².